The van der Waals surface area contributed by atoms with Crippen molar-refractivity contribution in [1.29, 1.82) is 5.26 Å². The van der Waals surface area contributed by atoms with Gasteiger partial charge in [0.05, 0.1) is 0 Å². The van der Waals surface area contributed by atoms with E-state index >= 15 is 0 Å². The molecule has 5 nitrogen and oxygen atoms in total. The molecule has 1 aliphatic heterocycles. The summed E-state index contributed by atoms with van der Waals surface area (Å²) in [6.07, 6.45) is -1.87. The maximum absolute atomic E-state index is 12.8. The lowest BCUT2D eigenvalue weighted by molar-refractivity contribution is -0.140. The quantitative estimate of drug-likeness (QED) is 0.509. The van der Waals surface area contributed by atoms with Gasteiger partial charge in [0.15, 0.2) is 0 Å². The highest BCUT2D eigenvalue weighted by Crippen LogP contribution is 2.30. The monoisotopic (exact) mass is 421 g/mol. The number of nitriles is 1. The molecule has 0 unspecified atom stereocenters. The predicted molar refractivity (Wildman–Crippen MR) is 107 cm³/mol. The van der Waals surface area contributed by atoms with Crippen LogP contribution >= 0.6 is 0 Å². The molecule has 1 aliphatic rings. The molecule has 162 valence electrons. The number of nitrogens with zero attached hydrogens (tertiary/aromatic N) is 3. The number of hydrogen-bond acceptors (Lipinski definition) is 3. The van der Waals surface area contributed by atoms with Crippen molar-refractivity contribution in [3.8, 4) is 6.07 Å². The molecule has 1 aromatic rings. The maximum atomic E-state index is 12.8. The van der Waals surface area contributed by atoms with Gasteiger partial charge in [-0.1, -0.05) is 20.8 Å². The Hall–Kier alpha value is -2.82. The summed E-state index contributed by atoms with van der Waals surface area (Å²) in [5, 5.41) is 9.37. The molecule has 2 amide bonds. The van der Waals surface area contributed by atoms with Crippen LogP contribution in [0.4, 0.5) is 13.2 Å². The van der Waals surface area contributed by atoms with Crippen molar-refractivity contribution in [1.82, 2.24) is 9.47 Å². The number of halogens is 3. The van der Waals surface area contributed by atoms with Gasteiger partial charge in [-0.15, -0.1) is 0 Å². The highest BCUT2D eigenvalue weighted by atomic mass is 19.4. The zero-order valence-electron chi connectivity index (χ0n) is 17.9. The van der Waals surface area contributed by atoms with Crippen LogP contribution in [0.2, 0.25) is 0 Å². The van der Waals surface area contributed by atoms with Crippen LogP contribution in [0.25, 0.3) is 6.08 Å². The van der Waals surface area contributed by atoms with Crippen LogP contribution in [0.3, 0.4) is 0 Å². The Morgan fingerprint density at radius 2 is 1.80 bits per heavy atom. The molecule has 0 spiro atoms. The lowest BCUT2D eigenvalue weighted by Crippen LogP contribution is -2.42. The van der Waals surface area contributed by atoms with Gasteiger partial charge in [-0.05, 0) is 49.0 Å². The fourth-order valence-corrected chi connectivity index (χ4v) is 3.26. The van der Waals surface area contributed by atoms with E-state index in [1.54, 1.807) is 23.8 Å². The number of carbonyl (C=O) groups excluding carboxylic acids is 2. The number of aryl methyl sites for hydroxylation is 1. The minimum Gasteiger partial charge on any atom is -0.348 e. The summed E-state index contributed by atoms with van der Waals surface area (Å²) in [4.78, 5) is 26.2. The van der Waals surface area contributed by atoms with Crippen molar-refractivity contribution < 1.29 is 22.8 Å². The Labute approximate surface area is 174 Å². The lowest BCUT2D eigenvalue weighted by Gasteiger charge is -2.26. The first-order valence-corrected chi connectivity index (χ1v) is 9.76. The summed E-state index contributed by atoms with van der Waals surface area (Å²) in [6, 6.07) is 3.70. The first kappa shape index (κ1) is 23.5. The minimum absolute atomic E-state index is 0.0935. The third-order valence-corrected chi connectivity index (χ3v) is 5.09. The van der Waals surface area contributed by atoms with Gasteiger partial charge in [-0.2, -0.15) is 18.4 Å². The average Bonchev–Trinajstić information content (AvgIpc) is 3.01. The Morgan fingerprint density at radius 1 is 1.17 bits per heavy atom. The van der Waals surface area contributed by atoms with Gasteiger partial charge < -0.3 is 4.57 Å². The van der Waals surface area contributed by atoms with E-state index in [2.05, 4.69) is 0 Å². The fourth-order valence-electron chi connectivity index (χ4n) is 3.26. The smallest absolute Gasteiger partial charge is 0.348 e. The molecule has 0 bridgehead atoms. The van der Waals surface area contributed by atoms with E-state index in [1.807, 2.05) is 32.9 Å². The zero-order valence-corrected chi connectivity index (χ0v) is 17.9. The fraction of sp³-hybridized carbons (Fsp3) is 0.500. The largest absolute Gasteiger partial charge is 0.389 e. The van der Waals surface area contributed by atoms with Gasteiger partial charge in [0, 0.05) is 37.0 Å². The van der Waals surface area contributed by atoms with Crippen molar-refractivity contribution in [2.75, 3.05) is 6.54 Å². The molecule has 0 radical (unpaired) electrons. The van der Waals surface area contributed by atoms with Crippen LogP contribution in [0.5, 0.6) is 0 Å². The third-order valence-electron chi connectivity index (χ3n) is 5.09. The molecule has 0 aromatic carbocycles. The van der Waals surface area contributed by atoms with E-state index in [0.717, 1.165) is 10.5 Å². The number of aromatic nitrogens is 1. The van der Waals surface area contributed by atoms with Crippen LogP contribution in [-0.4, -0.2) is 34.0 Å². The SMILES string of the molecule is CCN1C(=O)C(C#N)=C(C)/C(=C\c2cc(C(C)(C)C)cn2CCCC(F)(F)F)C1=O. The third kappa shape index (κ3) is 5.02. The molecular weight excluding hydrogens is 395 g/mol. The Morgan fingerprint density at radius 3 is 2.30 bits per heavy atom. The number of amides is 2. The first-order chi connectivity index (χ1) is 13.8. The summed E-state index contributed by atoms with van der Waals surface area (Å²) in [5.74, 6) is -1.14. The number of imide groups is 1. The van der Waals surface area contributed by atoms with Crippen LogP contribution < -0.4 is 0 Å². The summed E-state index contributed by atoms with van der Waals surface area (Å²) in [7, 11) is 0. The average molecular weight is 421 g/mol. The van der Waals surface area contributed by atoms with Crippen LogP contribution in [0, 0.1) is 11.3 Å². The molecule has 30 heavy (non-hydrogen) atoms. The molecular formula is C22H26F3N3O2. The van der Waals surface area contributed by atoms with Crippen molar-refractivity contribution in [3.63, 3.8) is 0 Å². The molecule has 0 atom stereocenters. The van der Waals surface area contributed by atoms with E-state index in [1.165, 1.54) is 6.92 Å². The van der Waals surface area contributed by atoms with Gasteiger partial charge >= 0.3 is 6.18 Å². The van der Waals surface area contributed by atoms with Gasteiger partial charge in [-0.3, -0.25) is 14.5 Å². The van der Waals surface area contributed by atoms with E-state index in [9.17, 15) is 28.0 Å². The molecule has 1 aromatic heterocycles. The van der Waals surface area contributed by atoms with Crippen LogP contribution in [0.1, 0.15) is 58.7 Å². The molecule has 0 saturated heterocycles. The van der Waals surface area contributed by atoms with E-state index in [4.69, 9.17) is 0 Å². The Bertz CT molecular complexity index is 954. The van der Waals surface area contributed by atoms with Crippen LogP contribution in [-0.2, 0) is 21.5 Å². The molecule has 0 N–H and O–H groups in total. The molecule has 2 rings (SSSR count). The molecule has 2 heterocycles. The van der Waals surface area contributed by atoms with Crippen molar-refractivity contribution in [2.24, 2.45) is 0 Å². The van der Waals surface area contributed by atoms with Gasteiger partial charge in [-0.25, -0.2) is 0 Å². The Kier molecular flexibility index (Phi) is 6.65. The summed E-state index contributed by atoms with van der Waals surface area (Å²) >= 11 is 0. The first-order valence-electron chi connectivity index (χ1n) is 9.76. The van der Waals surface area contributed by atoms with Crippen molar-refractivity contribution in [2.45, 2.75) is 65.6 Å². The standard InChI is InChI=1S/C22H26F3N3O2/c1-6-28-19(29)17(14(2)18(12-26)20(28)30)11-16-10-15(21(3,4)5)13-27(16)9-7-8-22(23,24)25/h10-11,13H,6-9H2,1-5H3/b17-11+. The predicted octanol–water partition coefficient (Wildman–Crippen LogP) is 4.74. The highest BCUT2D eigenvalue weighted by molar-refractivity contribution is 6.19. The Balaban J connectivity index is 2.55. The topological polar surface area (TPSA) is 66.1 Å². The van der Waals surface area contributed by atoms with Gasteiger partial charge in [0.2, 0.25) is 0 Å². The number of likely N-dealkylation sites (N-methyl/N-ethyl adjacent to an activating group) is 1. The van der Waals surface area contributed by atoms with E-state index < -0.39 is 24.4 Å². The number of carbonyl (C=O) groups is 2. The second-order valence-electron chi connectivity index (χ2n) is 8.34. The number of alkyl halides is 3. The molecule has 8 heteroatoms. The summed E-state index contributed by atoms with van der Waals surface area (Å²) in [5.41, 5.74) is 1.60. The summed E-state index contributed by atoms with van der Waals surface area (Å²) < 4.78 is 39.5. The van der Waals surface area contributed by atoms with E-state index in [-0.39, 0.29) is 41.6 Å². The second kappa shape index (κ2) is 8.50. The number of rotatable bonds is 5. The second-order valence-corrected chi connectivity index (χ2v) is 8.34. The number of hydrogen-bond donors (Lipinski definition) is 0. The van der Waals surface area contributed by atoms with Crippen molar-refractivity contribution in [3.05, 3.63) is 40.2 Å². The highest BCUT2D eigenvalue weighted by Gasteiger charge is 2.34. The lowest BCUT2D eigenvalue weighted by atomic mass is 9.89. The summed E-state index contributed by atoms with van der Waals surface area (Å²) in [6.45, 7) is 9.39. The zero-order chi connectivity index (χ0) is 22.9. The van der Waals surface area contributed by atoms with Gasteiger partial charge in [0.1, 0.15) is 11.6 Å². The van der Waals surface area contributed by atoms with Crippen molar-refractivity contribution >= 4 is 17.9 Å². The minimum atomic E-state index is -4.24. The maximum Gasteiger partial charge on any atom is 0.389 e. The normalized spacial score (nSPS) is 17.2. The molecule has 0 saturated carbocycles. The van der Waals surface area contributed by atoms with Gasteiger partial charge in [0.25, 0.3) is 11.8 Å². The molecule has 0 aliphatic carbocycles. The van der Waals surface area contributed by atoms with Crippen LogP contribution in [0.15, 0.2) is 29.0 Å². The molecule has 0 fully saturated rings. The van der Waals surface area contributed by atoms with E-state index in [0.29, 0.717) is 5.69 Å².